The van der Waals surface area contributed by atoms with Crippen LogP contribution in [0.1, 0.15) is 43.2 Å². The molecular weight excluding hydrogens is 912 g/mol. The van der Waals surface area contributed by atoms with E-state index in [2.05, 4.69) is 89.6 Å². The van der Waals surface area contributed by atoms with E-state index in [0.29, 0.717) is 40.0 Å². The van der Waals surface area contributed by atoms with Crippen molar-refractivity contribution in [1.29, 1.82) is 0 Å². The van der Waals surface area contributed by atoms with Gasteiger partial charge in [-0.05, 0) is 145 Å². The van der Waals surface area contributed by atoms with E-state index in [1.807, 2.05) is 19.2 Å². The predicted molar refractivity (Wildman–Crippen MR) is 207 cm³/mol. The zero-order valence-electron chi connectivity index (χ0n) is 28.5. The van der Waals surface area contributed by atoms with Gasteiger partial charge in [0.15, 0.2) is 0 Å². The summed E-state index contributed by atoms with van der Waals surface area (Å²) in [6.45, 7) is 2.93. The van der Waals surface area contributed by atoms with Gasteiger partial charge in [-0.3, -0.25) is 14.4 Å². The van der Waals surface area contributed by atoms with E-state index in [9.17, 15) is 24.8 Å². The third kappa shape index (κ3) is 14.5. The molecule has 13 nitrogen and oxygen atoms in total. The summed E-state index contributed by atoms with van der Waals surface area (Å²) in [5.74, 6) is 0.316. The van der Waals surface area contributed by atoms with Gasteiger partial charge in [-0.1, -0.05) is 10.3 Å². The highest BCUT2D eigenvalue weighted by atomic mass is 79.9. The Bertz CT molecular complexity index is 1480. The van der Waals surface area contributed by atoms with Crippen molar-refractivity contribution in [1.82, 2.24) is 20.4 Å². The van der Waals surface area contributed by atoms with E-state index < -0.39 is 11.8 Å². The van der Waals surface area contributed by atoms with Gasteiger partial charge in [0, 0.05) is 45.9 Å². The number of rotatable bonds is 21. The molecule has 0 bridgehead atoms. The molecule has 0 radical (unpaired) electrons. The highest BCUT2D eigenvalue weighted by Gasteiger charge is 2.18. The molecule has 2 aromatic rings. The van der Waals surface area contributed by atoms with Crippen LogP contribution in [0.25, 0.3) is 0 Å². The van der Waals surface area contributed by atoms with E-state index in [4.69, 9.17) is 9.47 Å². The van der Waals surface area contributed by atoms with Crippen LogP contribution in [-0.4, -0.2) is 110 Å². The Morgan fingerprint density at radius 3 is 1.50 bits per heavy atom. The lowest BCUT2D eigenvalue weighted by Gasteiger charge is -2.19. The van der Waals surface area contributed by atoms with Crippen molar-refractivity contribution in [2.45, 2.75) is 44.9 Å². The van der Waals surface area contributed by atoms with Crippen LogP contribution in [0.4, 0.5) is 0 Å². The van der Waals surface area contributed by atoms with E-state index >= 15 is 0 Å². The van der Waals surface area contributed by atoms with Crippen molar-refractivity contribution in [2.24, 2.45) is 10.3 Å². The molecule has 50 heavy (non-hydrogen) atoms. The summed E-state index contributed by atoms with van der Waals surface area (Å²) in [6, 6.07) is 7.19. The first kappa shape index (κ1) is 43.4. The zero-order valence-corrected chi connectivity index (χ0v) is 34.9. The monoisotopic (exact) mass is 952 g/mol. The van der Waals surface area contributed by atoms with Crippen LogP contribution < -0.4 is 20.1 Å². The summed E-state index contributed by atoms with van der Waals surface area (Å²) in [5, 5.41) is 30.7. The molecule has 4 N–H and O–H groups in total. The van der Waals surface area contributed by atoms with E-state index in [1.165, 1.54) is 0 Å². The molecule has 2 aromatic carbocycles. The minimum absolute atomic E-state index is 0.00891. The third-order valence-electron chi connectivity index (χ3n) is 7.60. The Labute approximate surface area is 326 Å². The van der Waals surface area contributed by atoms with Gasteiger partial charge in [0.1, 0.15) is 22.9 Å². The number of nitrogens with one attached hydrogen (secondary N) is 2. The minimum atomic E-state index is -0.501. The molecular formula is C33H44Br4N6O7. The van der Waals surface area contributed by atoms with Crippen molar-refractivity contribution >= 4 is 92.9 Å². The van der Waals surface area contributed by atoms with Gasteiger partial charge in [-0.2, -0.15) is 0 Å². The van der Waals surface area contributed by atoms with Gasteiger partial charge < -0.3 is 40.3 Å². The van der Waals surface area contributed by atoms with Gasteiger partial charge in [0.05, 0.1) is 32.1 Å². The number of hydrogen-bond donors (Lipinski definition) is 4. The fourth-order valence-electron chi connectivity index (χ4n) is 4.88. The lowest BCUT2D eigenvalue weighted by molar-refractivity contribution is -0.130. The number of methoxy groups -OCH3 is 2. The first-order valence-corrected chi connectivity index (χ1v) is 19.0. The van der Waals surface area contributed by atoms with Crippen LogP contribution in [0.5, 0.6) is 11.5 Å². The van der Waals surface area contributed by atoms with Crippen molar-refractivity contribution in [3.63, 3.8) is 0 Å². The molecule has 0 fully saturated rings. The van der Waals surface area contributed by atoms with Gasteiger partial charge in [-0.15, -0.1) is 0 Å². The maximum atomic E-state index is 12.6. The molecule has 0 unspecified atom stereocenters. The maximum absolute atomic E-state index is 12.6. The maximum Gasteiger partial charge on any atom is 0.269 e. The molecule has 0 saturated heterocycles. The molecule has 0 aliphatic carbocycles. The Balaban J connectivity index is 1.60. The summed E-state index contributed by atoms with van der Waals surface area (Å²) in [7, 11) is 6.89. The lowest BCUT2D eigenvalue weighted by atomic mass is 10.1. The largest absolute Gasteiger partial charge is 0.494 e. The van der Waals surface area contributed by atoms with Crippen molar-refractivity contribution < 1.29 is 34.3 Å². The first-order chi connectivity index (χ1) is 23.8. The number of oxime groups is 2. The fourth-order valence-corrected chi connectivity index (χ4v) is 8.09. The molecule has 3 amide bonds. The molecule has 0 aliphatic heterocycles. The first-order valence-electron chi connectivity index (χ1n) is 15.8. The molecule has 0 aliphatic rings. The predicted octanol–water partition coefficient (Wildman–Crippen LogP) is 5.77. The molecule has 2 rings (SSSR count). The number of carbonyl (C=O) groups excluding carboxylic acids is 3. The summed E-state index contributed by atoms with van der Waals surface area (Å²) >= 11 is 13.7. The molecule has 0 atom stereocenters. The van der Waals surface area contributed by atoms with E-state index in [-0.39, 0.29) is 43.1 Å². The van der Waals surface area contributed by atoms with Crippen molar-refractivity contribution in [2.75, 3.05) is 61.0 Å². The SMILES string of the molecule is COc1c(Br)cc(C/C(=N\O)C(=O)NCCCC(=O)N(C)CCCCN(C)CCCNC(=O)/C(Cc2cc(Br)c(OC)c(Br)c2)=N/O)cc1Br. The number of benzene rings is 2. The Kier molecular flexibility index (Phi) is 19.9. The number of amides is 3. The molecule has 17 heteroatoms. The molecule has 0 spiro atoms. The molecule has 0 aromatic heterocycles. The summed E-state index contributed by atoms with van der Waals surface area (Å²) < 4.78 is 13.4. The van der Waals surface area contributed by atoms with E-state index in [0.717, 1.165) is 52.4 Å². The van der Waals surface area contributed by atoms with Gasteiger partial charge >= 0.3 is 0 Å². The fraction of sp³-hybridized carbons (Fsp3) is 0.485. The molecule has 0 saturated carbocycles. The third-order valence-corrected chi connectivity index (χ3v) is 9.95. The highest BCUT2D eigenvalue weighted by molar-refractivity contribution is 9.11. The second-order valence-electron chi connectivity index (χ2n) is 11.4. The van der Waals surface area contributed by atoms with Gasteiger partial charge in [0.25, 0.3) is 11.8 Å². The van der Waals surface area contributed by atoms with Crippen LogP contribution in [0.3, 0.4) is 0 Å². The normalized spacial score (nSPS) is 11.8. The lowest BCUT2D eigenvalue weighted by Crippen LogP contribution is -2.34. The standard InChI is InChI=1S/C33H44Br4N6O7/c1-42(13-8-11-39-33(46)28(41-48)20-22-17-25(36)31(50-4)26(37)18-22)12-5-6-14-43(2)29(44)9-7-10-38-32(45)27(40-47)19-21-15-23(34)30(49-3)24(35)16-21/h15-18,47-48H,5-14,19-20H2,1-4H3,(H,38,45)(H,39,46)/b40-27+,41-28+. The molecule has 0 heterocycles. The number of hydrogen-bond acceptors (Lipinski definition) is 10. The van der Waals surface area contributed by atoms with Crippen LogP contribution in [0, 0.1) is 0 Å². The van der Waals surface area contributed by atoms with Gasteiger partial charge in [-0.25, -0.2) is 0 Å². The Morgan fingerprint density at radius 1 is 0.680 bits per heavy atom. The minimum Gasteiger partial charge on any atom is -0.494 e. The Morgan fingerprint density at radius 2 is 1.08 bits per heavy atom. The average molecular weight is 956 g/mol. The smallest absolute Gasteiger partial charge is 0.269 e. The van der Waals surface area contributed by atoms with Crippen molar-refractivity contribution in [3.8, 4) is 11.5 Å². The summed E-state index contributed by atoms with van der Waals surface area (Å²) in [4.78, 5) is 41.5. The number of halogens is 4. The van der Waals surface area contributed by atoms with Crippen LogP contribution in [0.2, 0.25) is 0 Å². The van der Waals surface area contributed by atoms with E-state index in [1.54, 1.807) is 38.3 Å². The summed E-state index contributed by atoms with van der Waals surface area (Å²) in [6.07, 6.45) is 3.46. The Hall–Kier alpha value is -2.73. The summed E-state index contributed by atoms with van der Waals surface area (Å²) in [5.41, 5.74) is 1.49. The second-order valence-corrected chi connectivity index (χ2v) is 14.8. The highest BCUT2D eigenvalue weighted by Crippen LogP contribution is 2.35. The number of carbonyl (C=O) groups is 3. The van der Waals surface area contributed by atoms with Crippen molar-refractivity contribution in [3.05, 3.63) is 53.3 Å². The quantitative estimate of drug-likeness (QED) is 0.0530. The van der Waals surface area contributed by atoms with Crippen LogP contribution in [0.15, 0.2) is 52.5 Å². The number of unbranched alkanes of at least 4 members (excludes halogenated alkanes) is 1. The zero-order chi connectivity index (χ0) is 37.2. The molecule has 276 valence electrons. The topological polar surface area (TPSA) is 165 Å². The number of nitrogens with zero attached hydrogens (tertiary/aromatic N) is 4. The average Bonchev–Trinajstić information content (AvgIpc) is 3.07. The van der Waals surface area contributed by atoms with Crippen LogP contribution in [-0.2, 0) is 27.2 Å². The number of ether oxygens (including phenoxy) is 2. The van der Waals surface area contributed by atoms with Crippen LogP contribution >= 0.6 is 63.7 Å². The second kappa shape index (κ2) is 23.0. The van der Waals surface area contributed by atoms with Gasteiger partial charge in [0.2, 0.25) is 5.91 Å².